The third-order valence-corrected chi connectivity index (χ3v) is 3.72. The molecule has 2 N–H and O–H groups in total. The van der Waals surface area contributed by atoms with Gasteiger partial charge < -0.3 is 10.4 Å². The fraction of sp³-hybridized carbons (Fsp3) is 0.769. The first-order valence-electron chi connectivity index (χ1n) is 6.65. The van der Waals surface area contributed by atoms with Crippen molar-refractivity contribution in [1.82, 2.24) is 15.1 Å². The predicted octanol–water partition coefficient (Wildman–Crippen LogP) is 1.78. The lowest BCUT2D eigenvalue weighted by Crippen LogP contribution is -2.29. The number of nitrogens with one attached hydrogen (secondary N) is 1. The molecule has 96 valence electrons. The third-order valence-electron chi connectivity index (χ3n) is 3.72. The molecule has 1 fully saturated rings. The molecule has 0 saturated heterocycles. The second-order valence-corrected chi connectivity index (χ2v) is 4.90. The lowest BCUT2D eigenvalue weighted by Gasteiger charge is -2.28. The van der Waals surface area contributed by atoms with E-state index in [2.05, 4.69) is 24.3 Å². The lowest BCUT2D eigenvalue weighted by molar-refractivity contribution is 0.0683. The monoisotopic (exact) mass is 237 g/mol. The van der Waals surface area contributed by atoms with E-state index in [4.69, 9.17) is 0 Å². The normalized spacial score (nSPS) is 25.1. The van der Waals surface area contributed by atoms with Crippen molar-refractivity contribution in [1.29, 1.82) is 0 Å². The molecule has 1 aromatic heterocycles. The highest BCUT2D eigenvalue weighted by atomic mass is 16.3. The van der Waals surface area contributed by atoms with E-state index in [-0.39, 0.29) is 12.1 Å². The average molecular weight is 237 g/mol. The molecule has 0 radical (unpaired) electrons. The van der Waals surface area contributed by atoms with Gasteiger partial charge in [-0.1, -0.05) is 19.8 Å². The molecule has 1 aromatic rings. The summed E-state index contributed by atoms with van der Waals surface area (Å²) in [6, 6.07) is 0.180. The van der Waals surface area contributed by atoms with Crippen molar-refractivity contribution in [3.8, 4) is 0 Å². The van der Waals surface area contributed by atoms with E-state index in [0.717, 1.165) is 32.4 Å². The molecule has 4 nitrogen and oxygen atoms in total. The minimum atomic E-state index is -0.227. The molecule has 1 aliphatic rings. The van der Waals surface area contributed by atoms with Crippen LogP contribution in [-0.2, 0) is 6.54 Å². The average Bonchev–Trinajstić information content (AvgIpc) is 2.69. The maximum absolute atomic E-state index is 10.1. The van der Waals surface area contributed by atoms with Crippen molar-refractivity contribution < 1.29 is 5.11 Å². The summed E-state index contributed by atoms with van der Waals surface area (Å²) >= 11 is 0. The summed E-state index contributed by atoms with van der Waals surface area (Å²) < 4.78 is 2.02. The largest absolute Gasteiger partial charge is 0.391 e. The molecular formula is C13H23N3O. The number of rotatable bonds is 4. The minimum absolute atomic E-state index is 0.180. The first-order chi connectivity index (χ1) is 8.24. The Hall–Kier alpha value is -0.870. The van der Waals surface area contributed by atoms with Crippen LogP contribution in [0.4, 0.5) is 0 Å². The van der Waals surface area contributed by atoms with Gasteiger partial charge >= 0.3 is 0 Å². The Morgan fingerprint density at radius 1 is 1.47 bits per heavy atom. The molecule has 1 saturated carbocycles. The van der Waals surface area contributed by atoms with E-state index >= 15 is 0 Å². The first-order valence-corrected chi connectivity index (χ1v) is 6.65. The highest BCUT2D eigenvalue weighted by Crippen LogP contribution is 2.29. The molecule has 1 heterocycles. The van der Waals surface area contributed by atoms with E-state index in [1.54, 1.807) is 0 Å². The SMILES string of the molecule is CCNCc1cnn(C2CCCCC2O)c1C. The summed E-state index contributed by atoms with van der Waals surface area (Å²) in [5.41, 5.74) is 2.43. The van der Waals surface area contributed by atoms with Crippen molar-refractivity contribution in [3.05, 3.63) is 17.5 Å². The molecule has 4 heteroatoms. The van der Waals surface area contributed by atoms with Gasteiger partial charge in [-0.25, -0.2) is 0 Å². The molecule has 0 aliphatic heterocycles. The van der Waals surface area contributed by atoms with Crippen LogP contribution in [0.1, 0.15) is 49.9 Å². The maximum Gasteiger partial charge on any atom is 0.0781 e. The van der Waals surface area contributed by atoms with E-state index in [0.29, 0.717) is 0 Å². The number of aliphatic hydroxyl groups is 1. The van der Waals surface area contributed by atoms with E-state index in [9.17, 15) is 5.11 Å². The fourth-order valence-electron chi connectivity index (χ4n) is 2.60. The molecule has 2 unspecified atom stereocenters. The van der Waals surface area contributed by atoms with Crippen LogP contribution in [0.5, 0.6) is 0 Å². The number of aromatic nitrogens is 2. The Kier molecular flexibility index (Phi) is 4.18. The van der Waals surface area contributed by atoms with Crippen molar-refractivity contribution in [2.24, 2.45) is 0 Å². The van der Waals surface area contributed by atoms with E-state index in [1.807, 2.05) is 10.9 Å². The molecule has 0 bridgehead atoms. The Balaban J connectivity index is 2.12. The van der Waals surface area contributed by atoms with Gasteiger partial charge in [-0.05, 0) is 26.3 Å². The zero-order chi connectivity index (χ0) is 12.3. The first kappa shape index (κ1) is 12.6. The number of nitrogens with zero attached hydrogens (tertiary/aromatic N) is 2. The van der Waals surface area contributed by atoms with Crippen LogP contribution >= 0.6 is 0 Å². The molecule has 1 aliphatic carbocycles. The van der Waals surface area contributed by atoms with Crippen molar-refractivity contribution in [2.75, 3.05) is 6.54 Å². The smallest absolute Gasteiger partial charge is 0.0781 e. The number of aliphatic hydroxyl groups excluding tert-OH is 1. The van der Waals surface area contributed by atoms with Gasteiger partial charge in [0.2, 0.25) is 0 Å². The van der Waals surface area contributed by atoms with E-state index in [1.165, 1.54) is 17.7 Å². The topological polar surface area (TPSA) is 50.1 Å². The van der Waals surface area contributed by atoms with Crippen LogP contribution in [0.3, 0.4) is 0 Å². The van der Waals surface area contributed by atoms with Crippen molar-refractivity contribution in [2.45, 2.75) is 58.2 Å². The lowest BCUT2D eigenvalue weighted by atomic mass is 9.92. The van der Waals surface area contributed by atoms with Gasteiger partial charge in [0, 0.05) is 17.8 Å². The van der Waals surface area contributed by atoms with Crippen molar-refractivity contribution in [3.63, 3.8) is 0 Å². The van der Waals surface area contributed by atoms with Crippen LogP contribution in [0, 0.1) is 6.92 Å². The van der Waals surface area contributed by atoms with Gasteiger partial charge in [0.15, 0.2) is 0 Å². The second-order valence-electron chi connectivity index (χ2n) is 4.90. The maximum atomic E-state index is 10.1. The Bertz CT molecular complexity index is 362. The quantitative estimate of drug-likeness (QED) is 0.839. The van der Waals surface area contributed by atoms with Crippen LogP contribution in [-0.4, -0.2) is 27.5 Å². The molecule has 0 amide bonds. The van der Waals surface area contributed by atoms with Gasteiger partial charge in [0.1, 0.15) is 0 Å². The summed E-state index contributed by atoms with van der Waals surface area (Å²) in [5.74, 6) is 0. The molecule has 0 aromatic carbocycles. The summed E-state index contributed by atoms with van der Waals surface area (Å²) in [6.45, 7) is 6.04. The van der Waals surface area contributed by atoms with Crippen LogP contribution in [0.25, 0.3) is 0 Å². The van der Waals surface area contributed by atoms with Crippen LogP contribution < -0.4 is 5.32 Å². The van der Waals surface area contributed by atoms with Gasteiger partial charge in [-0.15, -0.1) is 0 Å². The minimum Gasteiger partial charge on any atom is -0.391 e. The predicted molar refractivity (Wildman–Crippen MR) is 67.9 cm³/mol. The molecule has 2 atom stereocenters. The summed E-state index contributed by atoms with van der Waals surface area (Å²) in [4.78, 5) is 0. The number of hydrogen-bond acceptors (Lipinski definition) is 3. The van der Waals surface area contributed by atoms with Gasteiger partial charge in [-0.2, -0.15) is 5.10 Å². The summed E-state index contributed by atoms with van der Waals surface area (Å²) in [5, 5.41) is 17.8. The Morgan fingerprint density at radius 2 is 2.24 bits per heavy atom. The van der Waals surface area contributed by atoms with Gasteiger partial charge in [-0.3, -0.25) is 4.68 Å². The fourth-order valence-corrected chi connectivity index (χ4v) is 2.60. The molecular weight excluding hydrogens is 214 g/mol. The van der Waals surface area contributed by atoms with Crippen LogP contribution in [0.2, 0.25) is 0 Å². The van der Waals surface area contributed by atoms with Crippen LogP contribution in [0.15, 0.2) is 6.20 Å². The highest BCUT2D eigenvalue weighted by molar-refractivity contribution is 5.17. The highest BCUT2D eigenvalue weighted by Gasteiger charge is 2.26. The Labute approximate surface area is 103 Å². The molecule has 2 rings (SSSR count). The Morgan fingerprint density at radius 3 is 2.94 bits per heavy atom. The zero-order valence-corrected chi connectivity index (χ0v) is 10.8. The standard InChI is InChI=1S/C13H23N3O/c1-3-14-8-11-9-15-16(10(11)2)12-6-4-5-7-13(12)17/h9,12-14,17H,3-8H2,1-2H3. The molecule has 17 heavy (non-hydrogen) atoms. The zero-order valence-electron chi connectivity index (χ0n) is 10.8. The third kappa shape index (κ3) is 2.69. The van der Waals surface area contributed by atoms with Gasteiger partial charge in [0.05, 0.1) is 18.3 Å². The van der Waals surface area contributed by atoms with Gasteiger partial charge in [0.25, 0.3) is 0 Å². The summed E-state index contributed by atoms with van der Waals surface area (Å²) in [6.07, 6.45) is 6.00. The van der Waals surface area contributed by atoms with Crippen molar-refractivity contribution >= 4 is 0 Å². The second kappa shape index (κ2) is 5.65. The van der Waals surface area contributed by atoms with E-state index < -0.39 is 0 Å². The molecule has 0 spiro atoms. The summed E-state index contributed by atoms with van der Waals surface area (Å²) in [7, 11) is 0. The number of hydrogen-bond donors (Lipinski definition) is 2.